The Morgan fingerprint density at radius 3 is 2.70 bits per heavy atom. The summed E-state index contributed by atoms with van der Waals surface area (Å²) in [5, 5.41) is 9.99. The summed E-state index contributed by atoms with van der Waals surface area (Å²) in [6.45, 7) is 8.24. The molecule has 0 radical (unpaired) electrons. The lowest BCUT2D eigenvalue weighted by Gasteiger charge is -2.10. The minimum atomic E-state index is -0.388. The molecule has 0 aliphatic rings. The van der Waals surface area contributed by atoms with Gasteiger partial charge in [0.05, 0.1) is 5.56 Å². The van der Waals surface area contributed by atoms with Gasteiger partial charge in [-0.3, -0.25) is 4.57 Å². The van der Waals surface area contributed by atoms with Gasteiger partial charge in [-0.05, 0) is 54.8 Å². The number of halogens is 1. The minimum absolute atomic E-state index is 0.357. The Balaban J connectivity index is 1.71. The Labute approximate surface area is 177 Å². The summed E-state index contributed by atoms with van der Waals surface area (Å²) >= 11 is 1.43. The number of hydrogen-bond acceptors (Lipinski definition) is 5. The second-order valence-electron chi connectivity index (χ2n) is 7.00. The van der Waals surface area contributed by atoms with Gasteiger partial charge in [-0.2, -0.15) is 0 Å². The summed E-state index contributed by atoms with van der Waals surface area (Å²) in [6.07, 6.45) is 1.72. The van der Waals surface area contributed by atoms with Gasteiger partial charge in [0.25, 0.3) is 0 Å². The van der Waals surface area contributed by atoms with Crippen LogP contribution in [0.2, 0.25) is 0 Å². The fourth-order valence-corrected chi connectivity index (χ4v) is 4.21. The van der Waals surface area contributed by atoms with Crippen LogP contribution >= 0.6 is 11.8 Å². The minimum Gasteiger partial charge on any atom is -0.423 e. The van der Waals surface area contributed by atoms with Crippen LogP contribution < -0.4 is 5.63 Å². The van der Waals surface area contributed by atoms with Crippen LogP contribution in [-0.2, 0) is 12.3 Å². The maximum Gasteiger partial charge on any atom is 0.336 e. The van der Waals surface area contributed by atoms with Crippen molar-refractivity contribution in [2.24, 2.45) is 0 Å². The molecule has 2 heterocycles. The zero-order valence-electron chi connectivity index (χ0n) is 16.7. The van der Waals surface area contributed by atoms with Gasteiger partial charge in [-0.25, -0.2) is 9.18 Å². The lowest BCUT2D eigenvalue weighted by Crippen LogP contribution is -2.03. The fourth-order valence-electron chi connectivity index (χ4n) is 3.28. The number of hydrogen-bond donors (Lipinski definition) is 0. The Morgan fingerprint density at radius 2 is 1.93 bits per heavy atom. The average Bonchev–Trinajstić information content (AvgIpc) is 3.10. The van der Waals surface area contributed by atoms with Crippen LogP contribution in [0, 0.1) is 19.7 Å². The predicted molar refractivity (Wildman–Crippen MR) is 117 cm³/mol. The van der Waals surface area contributed by atoms with E-state index < -0.39 is 0 Å². The highest BCUT2D eigenvalue weighted by Crippen LogP contribution is 2.30. The van der Waals surface area contributed by atoms with Gasteiger partial charge in [-0.1, -0.05) is 30.0 Å². The lowest BCUT2D eigenvalue weighted by atomic mass is 10.0. The molecule has 0 aliphatic carbocycles. The van der Waals surface area contributed by atoms with Crippen LogP contribution in [0.1, 0.15) is 16.7 Å². The van der Waals surface area contributed by atoms with Gasteiger partial charge in [0.2, 0.25) is 0 Å². The molecule has 30 heavy (non-hydrogen) atoms. The molecule has 0 atom stereocenters. The zero-order valence-corrected chi connectivity index (χ0v) is 17.5. The van der Waals surface area contributed by atoms with Gasteiger partial charge in [0, 0.05) is 23.8 Å². The number of thioether (sulfide) groups is 1. The summed E-state index contributed by atoms with van der Waals surface area (Å²) in [5.74, 6) is 0.584. The lowest BCUT2D eigenvalue weighted by molar-refractivity contribution is 0.559. The van der Waals surface area contributed by atoms with Crippen molar-refractivity contribution in [1.82, 2.24) is 14.8 Å². The summed E-state index contributed by atoms with van der Waals surface area (Å²) in [5.41, 5.74) is 3.61. The van der Waals surface area contributed by atoms with Crippen molar-refractivity contribution >= 4 is 22.7 Å². The van der Waals surface area contributed by atoms with Crippen LogP contribution in [0.3, 0.4) is 0 Å². The Morgan fingerprint density at radius 1 is 1.17 bits per heavy atom. The van der Waals surface area contributed by atoms with Gasteiger partial charge < -0.3 is 4.42 Å². The first-order valence-corrected chi connectivity index (χ1v) is 10.4. The summed E-state index contributed by atoms with van der Waals surface area (Å²) in [4.78, 5) is 12.0. The van der Waals surface area contributed by atoms with Crippen molar-refractivity contribution < 1.29 is 8.81 Å². The first-order valence-electron chi connectivity index (χ1n) is 9.43. The SMILES string of the molecule is C=CCn1c(SCc2cc(=O)oc3cc(C)c(C)cc23)nnc1-c1ccccc1F. The highest BCUT2D eigenvalue weighted by molar-refractivity contribution is 7.98. The van der Waals surface area contributed by atoms with Crippen molar-refractivity contribution in [3.63, 3.8) is 0 Å². The van der Waals surface area contributed by atoms with Crippen molar-refractivity contribution in [1.29, 1.82) is 0 Å². The third-order valence-corrected chi connectivity index (χ3v) is 5.96. The summed E-state index contributed by atoms with van der Waals surface area (Å²) in [6, 6.07) is 11.9. The third-order valence-electron chi connectivity index (χ3n) is 4.94. The molecule has 0 spiro atoms. The predicted octanol–water partition coefficient (Wildman–Crippen LogP) is 5.29. The average molecular weight is 421 g/mol. The number of aryl methyl sites for hydroxylation is 2. The second kappa shape index (κ2) is 8.28. The Kier molecular flexibility index (Phi) is 5.55. The molecule has 5 nitrogen and oxygen atoms in total. The maximum atomic E-state index is 14.3. The van der Waals surface area contributed by atoms with Crippen molar-refractivity contribution in [2.45, 2.75) is 31.3 Å². The van der Waals surface area contributed by atoms with Crippen LogP contribution in [0.5, 0.6) is 0 Å². The molecule has 0 aliphatic heterocycles. The number of benzene rings is 2. The molecule has 2 aromatic heterocycles. The molecule has 0 saturated carbocycles. The van der Waals surface area contributed by atoms with E-state index in [1.54, 1.807) is 24.3 Å². The summed E-state index contributed by atoms with van der Waals surface area (Å²) in [7, 11) is 0. The second-order valence-corrected chi connectivity index (χ2v) is 7.94. The Bertz CT molecular complexity index is 1310. The zero-order chi connectivity index (χ0) is 21.3. The molecule has 0 amide bonds. The normalized spacial score (nSPS) is 11.2. The largest absolute Gasteiger partial charge is 0.423 e. The molecule has 0 saturated heterocycles. The van der Waals surface area contributed by atoms with Crippen LogP contribution in [0.4, 0.5) is 4.39 Å². The van der Waals surface area contributed by atoms with E-state index in [2.05, 4.69) is 16.8 Å². The molecule has 0 bridgehead atoms. The van der Waals surface area contributed by atoms with Gasteiger partial charge >= 0.3 is 5.63 Å². The van der Waals surface area contributed by atoms with E-state index in [1.165, 1.54) is 23.9 Å². The van der Waals surface area contributed by atoms with E-state index in [-0.39, 0.29) is 11.4 Å². The van der Waals surface area contributed by atoms with Crippen molar-refractivity contribution in [3.8, 4) is 11.4 Å². The Hall–Kier alpha value is -3.19. The topological polar surface area (TPSA) is 60.9 Å². The van der Waals surface area contributed by atoms with Crippen LogP contribution in [0.25, 0.3) is 22.4 Å². The number of rotatable bonds is 6. The first kappa shape index (κ1) is 20.1. The maximum absolute atomic E-state index is 14.3. The van der Waals surface area contributed by atoms with Crippen LogP contribution in [-0.4, -0.2) is 14.8 Å². The number of fused-ring (bicyclic) bond motifs is 1. The quantitative estimate of drug-likeness (QED) is 0.241. The van der Waals surface area contributed by atoms with E-state index in [0.29, 0.717) is 34.4 Å². The van der Waals surface area contributed by atoms with Crippen LogP contribution in [0.15, 0.2) is 69.5 Å². The summed E-state index contributed by atoms with van der Waals surface area (Å²) < 4.78 is 21.5. The number of allylic oxidation sites excluding steroid dienone is 1. The molecule has 0 unspecified atom stereocenters. The smallest absolute Gasteiger partial charge is 0.336 e. The highest BCUT2D eigenvalue weighted by Gasteiger charge is 2.17. The fraction of sp³-hybridized carbons (Fsp3) is 0.174. The molecule has 2 aromatic carbocycles. The van der Waals surface area contributed by atoms with Gasteiger partial charge in [-0.15, -0.1) is 16.8 Å². The van der Waals surface area contributed by atoms with E-state index in [0.717, 1.165) is 22.1 Å². The van der Waals surface area contributed by atoms with Crippen molar-refractivity contribution in [2.75, 3.05) is 0 Å². The van der Waals surface area contributed by atoms with Crippen molar-refractivity contribution in [3.05, 3.63) is 88.0 Å². The monoisotopic (exact) mass is 421 g/mol. The molecular formula is C23H20FN3O2S. The highest BCUT2D eigenvalue weighted by atomic mass is 32.2. The standard InChI is InChI=1S/C23H20FN3O2S/c1-4-9-27-22(17-7-5-6-8-19(17)24)25-26-23(27)30-13-16-12-21(28)29-20-11-15(3)14(2)10-18(16)20/h4-8,10-12H,1,9,13H2,2-3H3. The molecule has 7 heteroatoms. The molecule has 0 fully saturated rings. The molecule has 0 N–H and O–H groups in total. The van der Waals surface area contributed by atoms with E-state index in [4.69, 9.17) is 4.42 Å². The molecule has 4 rings (SSSR count). The molecule has 152 valence electrons. The third kappa shape index (κ3) is 3.80. The van der Waals surface area contributed by atoms with Gasteiger partial charge in [0.1, 0.15) is 11.4 Å². The molecular weight excluding hydrogens is 401 g/mol. The molecule has 4 aromatic rings. The van der Waals surface area contributed by atoms with E-state index >= 15 is 0 Å². The van der Waals surface area contributed by atoms with E-state index in [9.17, 15) is 9.18 Å². The number of aromatic nitrogens is 3. The number of nitrogens with zero attached hydrogens (tertiary/aromatic N) is 3. The van der Waals surface area contributed by atoms with Gasteiger partial charge in [0.15, 0.2) is 11.0 Å². The van der Waals surface area contributed by atoms with E-state index in [1.807, 2.05) is 30.5 Å². The first-order chi connectivity index (χ1) is 14.5.